The largest absolute Gasteiger partial charge is 0.492 e. The van der Waals surface area contributed by atoms with Gasteiger partial charge in [0.25, 0.3) is 0 Å². The van der Waals surface area contributed by atoms with Crippen molar-refractivity contribution in [1.82, 2.24) is 4.98 Å². The number of hydrogen-bond donors (Lipinski definition) is 1. The van der Waals surface area contributed by atoms with Crippen LogP contribution < -0.4 is 10.5 Å². The zero-order chi connectivity index (χ0) is 14.5. The first-order valence-corrected chi connectivity index (χ1v) is 7.85. The highest BCUT2D eigenvalue weighted by Gasteiger charge is 2.12. The maximum Gasteiger partial charge on any atom is 0.137 e. The third kappa shape index (κ3) is 3.84. The first kappa shape index (κ1) is 15.5. The molecule has 2 N–H and O–H groups in total. The van der Waals surface area contributed by atoms with Crippen LogP contribution in [0.2, 0.25) is 5.02 Å². The molecule has 1 unspecified atom stereocenters. The molecule has 0 saturated carbocycles. The van der Waals surface area contributed by atoms with Crippen molar-refractivity contribution < 1.29 is 4.74 Å². The molecule has 1 heterocycles. The molecule has 0 bridgehead atoms. The predicted octanol–water partition coefficient (Wildman–Crippen LogP) is 4.18. The van der Waals surface area contributed by atoms with E-state index in [1.54, 1.807) is 12.4 Å². The van der Waals surface area contributed by atoms with Crippen molar-refractivity contribution in [2.75, 3.05) is 6.61 Å². The summed E-state index contributed by atoms with van der Waals surface area (Å²) in [5.74, 6) is 0.747. The van der Waals surface area contributed by atoms with Gasteiger partial charge in [-0.25, -0.2) is 0 Å². The van der Waals surface area contributed by atoms with Gasteiger partial charge in [0.1, 0.15) is 5.75 Å². The van der Waals surface area contributed by atoms with Crippen LogP contribution in [0.3, 0.4) is 0 Å². The molecular weight excluding hydrogens is 387 g/mol. The quantitative estimate of drug-likeness (QED) is 0.763. The molecule has 1 aromatic heterocycles. The molecule has 1 atom stereocenters. The summed E-state index contributed by atoms with van der Waals surface area (Å²) >= 11 is 8.34. The Morgan fingerprint density at radius 3 is 2.80 bits per heavy atom. The van der Waals surface area contributed by atoms with Gasteiger partial charge in [0.15, 0.2) is 0 Å². The number of hydrogen-bond acceptors (Lipinski definition) is 3. The highest BCUT2D eigenvalue weighted by molar-refractivity contribution is 14.1. The Hall–Kier alpha value is -0.850. The minimum absolute atomic E-state index is 0.262. The SMILES string of the molecule is CCCOc1cncc(C(N)c2ccc(I)c(Cl)c2)c1. The molecule has 1 aromatic carbocycles. The summed E-state index contributed by atoms with van der Waals surface area (Å²) in [6, 6.07) is 7.51. The van der Waals surface area contributed by atoms with E-state index in [0.717, 1.165) is 26.9 Å². The Labute approximate surface area is 137 Å². The van der Waals surface area contributed by atoms with Gasteiger partial charge >= 0.3 is 0 Å². The molecule has 5 heteroatoms. The van der Waals surface area contributed by atoms with E-state index >= 15 is 0 Å². The summed E-state index contributed by atoms with van der Waals surface area (Å²) in [5.41, 5.74) is 8.15. The lowest BCUT2D eigenvalue weighted by Gasteiger charge is -2.14. The highest BCUT2D eigenvalue weighted by atomic mass is 127. The molecule has 3 nitrogen and oxygen atoms in total. The standard InChI is InChI=1S/C15H16ClIN2O/c1-2-5-20-12-6-11(8-19-9-12)15(18)10-3-4-14(17)13(16)7-10/h3-4,6-9,15H,2,5,18H2,1H3. The molecule has 0 amide bonds. The molecule has 0 saturated heterocycles. The van der Waals surface area contributed by atoms with Crippen LogP contribution in [-0.2, 0) is 0 Å². The number of nitrogens with two attached hydrogens (primary N) is 1. The number of ether oxygens (including phenoxy) is 1. The zero-order valence-corrected chi connectivity index (χ0v) is 14.1. The Balaban J connectivity index is 2.23. The Morgan fingerprint density at radius 2 is 2.10 bits per heavy atom. The van der Waals surface area contributed by atoms with Gasteiger partial charge < -0.3 is 10.5 Å². The van der Waals surface area contributed by atoms with Crippen LogP contribution in [0.15, 0.2) is 36.7 Å². The monoisotopic (exact) mass is 402 g/mol. The van der Waals surface area contributed by atoms with Crippen LogP contribution >= 0.6 is 34.2 Å². The number of halogens is 2. The highest BCUT2D eigenvalue weighted by Crippen LogP contribution is 2.26. The van der Waals surface area contributed by atoms with Crippen molar-refractivity contribution in [2.45, 2.75) is 19.4 Å². The van der Waals surface area contributed by atoms with Gasteiger partial charge in [-0.15, -0.1) is 0 Å². The summed E-state index contributed by atoms with van der Waals surface area (Å²) in [6.07, 6.45) is 4.42. The van der Waals surface area contributed by atoms with Crippen LogP contribution in [0.25, 0.3) is 0 Å². The third-order valence-electron chi connectivity index (χ3n) is 2.87. The molecule has 0 aliphatic carbocycles. The Morgan fingerprint density at radius 1 is 1.30 bits per heavy atom. The van der Waals surface area contributed by atoms with E-state index < -0.39 is 0 Å². The van der Waals surface area contributed by atoms with Crippen molar-refractivity contribution in [2.24, 2.45) is 5.73 Å². The second-order valence-corrected chi connectivity index (χ2v) is 6.02. The molecule has 0 radical (unpaired) electrons. The molecule has 106 valence electrons. The van der Waals surface area contributed by atoms with Gasteiger partial charge in [0, 0.05) is 9.77 Å². The maximum absolute atomic E-state index is 6.28. The molecule has 0 aliphatic rings. The zero-order valence-electron chi connectivity index (χ0n) is 11.1. The molecule has 2 rings (SSSR count). The number of pyridine rings is 1. The van der Waals surface area contributed by atoms with Crippen molar-refractivity contribution >= 4 is 34.2 Å². The van der Waals surface area contributed by atoms with Crippen LogP contribution in [0.5, 0.6) is 5.75 Å². The minimum atomic E-state index is -0.262. The van der Waals surface area contributed by atoms with Crippen LogP contribution in [0, 0.1) is 3.57 Å². The van der Waals surface area contributed by atoms with E-state index in [2.05, 4.69) is 34.5 Å². The average molecular weight is 403 g/mol. The summed E-state index contributed by atoms with van der Waals surface area (Å²) < 4.78 is 6.59. The number of benzene rings is 1. The van der Waals surface area contributed by atoms with Gasteiger partial charge in [-0.05, 0) is 58.3 Å². The lowest BCUT2D eigenvalue weighted by molar-refractivity contribution is 0.315. The lowest BCUT2D eigenvalue weighted by atomic mass is 10.0. The van der Waals surface area contributed by atoms with E-state index in [9.17, 15) is 0 Å². The fourth-order valence-corrected chi connectivity index (χ4v) is 2.33. The fourth-order valence-electron chi connectivity index (χ4n) is 1.80. The van der Waals surface area contributed by atoms with Crippen molar-refractivity contribution in [3.05, 3.63) is 56.4 Å². The second-order valence-electron chi connectivity index (χ2n) is 4.45. The maximum atomic E-state index is 6.28. The van der Waals surface area contributed by atoms with Crippen molar-refractivity contribution in [1.29, 1.82) is 0 Å². The van der Waals surface area contributed by atoms with E-state index in [4.69, 9.17) is 22.1 Å². The molecule has 0 aliphatic heterocycles. The van der Waals surface area contributed by atoms with Gasteiger partial charge in [0.2, 0.25) is 0 Å². The normalized spacial score (nSPS) is 12.2. The second kappa shape index (κ2) is 7.24. The van der Waals surface area contributed by atoms with Crippen LogP contribution in [-0.4, -0.2) is 11.6 Å². The predicted molar refractivity (Wildman–Crippen MR) is 90.2 cm³/mol. The van der Waals surface area contributed by atoms with E-state index in [0.29, 0.717) is 11.6 Å². The molecule has 0 fully saturated rings. The molecule has 0 spiro atoms. The molecule has 20 heavy (non-hydrogen) atoms. The first-order valence-electron chi connectivity index (χ1n) is 6.40. The third-order valence-corrected chi connectivity index (χ3v) is 4.44. The minimum Gasteiger partial charge on any atom is -0.492 e. The van der Waals surface area contributed by atoms with E-state index in [1.165, 1.54) is 0 Å². The van der Waals surface area contributed by atoms with Crippen LogP contribution in [0.1, 0.15) is 30.5 Å². The van der Waals surface area contributed by atoms with Gasteiger partial charge in [-0.1, -0.05) is 24.6 Å². The molecular formula is C15H16ClIN2O. The van der Waals surface area contributed by atoms with E-state index in [-0.39, 0.29) is 6.04 Å². The van der Waals surface area contributed by atoms with Gasteiger partial charge in [-0.2, -0.15) is 0 Å². The Bertz CT molecular complexity index is 592. The summed E-state index contributed by atoms with van der Waals surface area (Å²) in [7, 11) is 0. The fraction of sp³-hybridized carbons (Fsp3) is 0.267. The van der Waals surface area contributed by atoms with Crippen molar-refractivity contribution in [3.8, 4) is 5.75 Å². The van der Waals surface area contributed by atoms with Crippen LogP contribution in [0.4, 0.5) is 0 Å². The summed E-state index contributed by atoms with van der Waals surface area (Å²) in [6.45, 7) is 2.74. The summed E-state index contributed by atoms with van der Waals surface area (Å²) in [5, 5.41) is 0.713. The first-order chi connectivity index (χ1) is 9.61. The lowest BCUT2D eigenvalue weighted by Crippen LogP contribution is -2.12. The summed E-state index contributed by atoms with van der Waals surface area (Å²) in [4.78, 5) is 4.18. The smallest absolute Gasteiger partial charge is 0.137 e. The Kier molecular flexibility index (Phi) is 5.63. The van der Waals surface area contributed by atoms with Crippen molar-refractivity contribution in [3.63, 3.8) is 0 Å². The molecule has 2 aromatic rings. The topological polar surface area (TPSA) is 48.1 Å². The van der Waals surface area contributed by atoms with Gasteiger partial charge in [0.05, 0.1) is 23.9 Å². The van der Waals surface area contributed by atoms with Gasteiger partial charge in [-0.3, -0.25) is 4.98 Å². The van der Waals surface area contributed by atoms with E-state index in [1.807, 2.05) is 24.3 Å². The average Bonchev–Trinajstić information content (AvgIpc) is 2.47. The number of rotatable bonds is 5. The number of nitrogens with zero attached hydrogens (tertiary/aromatic N) is 1. The number of aromatic nitrogens is 1.